The van der Waals surface area contributed by atoms with Crippen LogP contribution in [0.4, 0.5) is 0 Å². The fourth-order valence-corrected chi connectivity index (χ4v) is 2.46. The minimum atomic E-state index is -0.269. The standard InChI is InChI=1S/C15H19N3O3/c1-2-5-17-6-7-18(15(17)19)9-12(16)11-3-4-13-14(8-11)21-10-20-13/h3-4,6-8,12H,2,5,9-10,16H2,1H3. The fourth-order valence-electron chi connectivity index (χ4n) is 2.46. The first-order valence-electron chi connectivity index (χ1n) is 7.09. The van der Waals surface area contributed by atoms with Crippen LogP contribution in [0.3, 0.4) is 0 Å². The van der Waals surface area contributed by atoms with Crippen LogP contribution >= 0.6 is 0 Å². The van der Waals surface area contributed by atoms with Gasteiger partial charge in [-0.3, -0.25) is 9.13 Å². The molecule has 3 rings (SSSR count). The number of aryl methyl sites for hydroxylation is 1. The summed E-state index contributed by atoms with van der Waals surface area (Å²) in [7, 11) is 0. The Hall–Kier alpha value is -2.21. The zero-order valence-corrected chi connectivity index (χ0v) is 12.0. The predicted molar refractivity (Wildman–Crippen MR) is 78.5 cm³/mol. The van der Waals surface area contributed by atoms with Crippen LogP contribution < -0.4 is 20.9 Å². The number of imidazole rings is 1. The molecule has 0 saturated heterocycles. The second kappa shape index (κ2) is 5.65. The maximum atomic E-state index is 12.1. The molecular weight excluding hydrogens is 270 g/mol. The topological polar surface area (TPSA) is 71.4 Å². The smallest absolute Gasteiger partial charge is 0.328 e. The Balaban J connectivity index is 1.77. The van der Waals surface area contributed by atoms with E-state index in [4.69, 9.17) is 15.2 Å². The number of aromatic nitrogens is 2. The Bertz CT molecular complexity index is 690. The molecule has 0 amide bonds. The molecule has 1 aromatic carbocycles. The summed E-state index contributed by atoms with van der Waals surface area (Å²) >= 11 is 0. The molecule has 6 nitrogen and oxygen atoms in total. The number of hydrogen-bond acceptors (Lipinski definition) is 4. The second-order valence-electron chi connectivity index (χ2n) is 5.15. The zero-order valence-electron chi connectivity index (χ0n) is 12.0. The van der Waals surface area contributed by atoms with Crippen molar-refractivity contribution in [3.8, 4) is 11.5 Å². The first-order chi connectivity index (χ1) is 10.2. The molecule has 1 aromatic heterocycles. The van der Waals surface area contributed by atoms with Crippen molar-refractivity contribution < 1.29 is 9.47 Å². The van der Waals surface area contributed by atoms with Gasteiger partial charge < -0.3 is 15.2 Å². The van der Waals surface area contributed by atoms with Crippen LogP contribution in [0.5, 0.6) is 11.5 Å². The van der Waals surface area contributed by atoms with E-state index in [-0.39, 0.29) is 18.5 Å². The van der Waals surface area contributed by atoms with Crippen LogP contribution in [0.2, 0.25) is 0 Å². The summed E-state index contributed by atoms with van der Waals surface area (Å²) in [6.45, 7) is 3.45. The highest BCUT2D eigenvalue weighted by molar-refractivity contribution is 5.45. The number of benzene rings is 1. The monoisotopic (exact) mass is 289 g/mol. The molecular formula is C15H19N3O3. The van der Waals surface area contributed by atoms with E-state index in [9.17, 15) is 4.79 Å². The average Bonchev–Trinajstić information content (AvgIpc) is 3.08. The van der Waals surface area contributed by atoms with Crippen molar-refractivity contribution in [1.29, 1.82) is 0 Å². The number of fused-ring (bicyclic) bond motifs is 1. The van der Waals surface area contributed by atoms with Gasteiger partial charge in [0.15, 0.2) is 11.5 Å². The van der Waals surface area contributed by atoms with E-state index in [1.54, 1.807) is 21.5 Å². The summed E-state index contributed by atoms with van der Waals surface area (Å²) in [5.41, 5.74) is 7.11. The van der Waals surface area contributed by atoms with Gasteiger partial charge in [-0.25, -0.2) is 4.79 Å². The number of rotatable bonds is 5. The lowest BCUT2D eigenvalue weighted by Gasteiger charge is -2.13. The zero-order chi connectivity index (χ0) is 14.8. The molecule has 6 heteroatoms. The highest BCUT2D eigenvalue weighted by atomic mass is 16.7. The van der Waals surface area contributed by atoms with Crippen LogP contribution in [-0.2, 0) is 13.1 Å². The summed E-state index contributed by atoms with van der Waals surface area (Å²) in [5.74, 6) is 1.44. The molecule has 0 fully saturated rings. The van der Waals surface area contributed by atoms with Gasteiger partial charge in [-0.1, -0.05) is 13.0 Å². The van der Waals surface area contributed by atoms with Crippen LogP contribution in [0.15, 0.2) is 35.4 Å². The van der Waals surface area contributed by atoms with Crippen molar-refractivity contribution in [3.05, 3.63) is 46.6 Å². The fraction of sp³-hybridized carbons (Fsp3) is 0.400. The molecule has 2 N–H and O–H groups in total. The van der Waals surface area contributed by atoms with E-state index in [0.29, 0.717) is 12.3 Å². The summed E-state index contributed by atoms with van der Waals surface area (Å²) in [6, 6.07) is 5.37. The van der Waals surface area contributed by atoms with Crippen molar-refractivity contribution in [2.75, 3.05) is 6.79 Å². The summed E-state index contributed by atoms with van der Waals surface area (Å²) in [5, 5.41) is 0. The molecule has 0 spiro atoms. The van der Waals surface area contributed by atoms with Gasteiger partial charge in [-0.05, 0) is 24.1 Å². The maximum Gasteiger partial charge on any atom is 0.328 e. The highest BCUT2D eigenvalue weighted by Crippen LogP contribution is 2.33. The van der Waals surface area contributed by atoms with Crippen molar-refractivity contribution in [2.45, 2.75) is 32.5 Å². The van der Waals surface area contributed by atoms with Gasteiger partial charge in [-0.2, -0.15) is 0 Å². The minimum absolute atomic E-state index is 0.0203. The molecule has 1 unspecified atom stereocenters. The Morgan fingerprint density at radius 3 is 2.81 bits per heavy atom. The van der Waals surface area contributed by atoms with Crippen LogP contribution in [-0.4, -0.2) is 15.9 Å². The third-order valence-electron chi connectivity index (χ3n) is 3.60. The normalized spacial score (nSPS) is 14.4. The van der Waals surface area contributed by atoms with Crippen molar-refractivity contribution in [3.63, 3.8) is 0 Å². The molecule has 112 valence electrons. The van der Waals surface area contributed by atoms with Gasteiger partial charge in [0.05, 0.1) is 0 Å². The maximum absolute atomic E-state index is 12.1. The van der Waals surface area contributed by atoms with E-state index in [0.717, 1.165) is 24.3 Å². The number of nitrogens with zero attached hydrogens (tertiary/aromatic N) is 2. The number of ether oxygens (including phenoxy) is 2. The molecule has 2 aromatic rings. The lowest BCUT2D eigenvalue weighted by atomic mass is 10.1. The van der Waals surface area contributed by atoms with Gasteiger partial charge in [0, 0.05) is 31.5 Å². The first kappa shape index (κ1) is 13.8. The molecule has 1 atom stereocenters. The number of nitrogens with two attached hydrogens (primary N) is 1. The lowest BCUT2D eigenvalue weighted by molar-refractivity contribution is 0.174. The Kier molecular flexibility index (Phi) is 3.70. The van der Waals surface area contributed by atoms with E-state index in [1.807, 2.05) is 25.1 Å². The quantitative estimate of drug-likeness (QED) is 0.905. The van der Waals surface area contributed by atoms with Crippen molar-refractivity contribution in [2.24, 2.45) is 5.73 Å². The Morgan fingerprint density at radius 1 is 1.24 bits per heavy atom. The van der Waals surface area contributed by atoms with E-state index in [2.05, 4.69) is 0 Å². The van der Waals surface area contributed by atoms with E-state index >= 15 is 0 Å². The third kappa shape index (κ3) is 2.67. The summed E-state index contributed by atoms with van der Waals surface area (Å²) in [4.78, 5) is 12.1. The molecule has 21 heavy (non-hydrogen) atoms. The summed E-state index contributed by atoms with van der Waals surface area (Å²) < 4.78 is 14.0. The van der Waals surface area contributed by atoms with Gasteiger partial charge in [0.2, 0.25) is 6.79 Å². The SMILES string of the molecule is CCCn1ccn(CC(N)c2ccc3c(c2)OCO3)c1=O. The van der Waals surface area contributed by atoms with Crippen LogP contribution in [0.25, 0.3) is 0 Å². The van der Waals surface area contributed by atoms with Gasteiger partial charge in [0.1, 0.15) is 0 Å². The van der Waals surface area contributed by atoms with Gasteiger partial charge in [0.25, 0.3) is 0 Å². The van der Waals surface area contributed by atoms with E-state index < -0.39 is 0 Å². The first-order valence-corrected chi connectivity index (χ1v) is 7.09. The largest absolute Gasteiger partial charge is 0.454 e. The van der Waals surface area contributed by atoms with Gasteiger partial charge in [-0.15, -0.1) is 0 Å². The molecule has 0 saturated carbocycles. The van der Waals surface area contributed by atoms with Gasteiger partial charge >= 0.3 is 5.69 Å². The molecule has 0 aliphatic carbocycles. The predicted octanol–water partition coefficient (Wildman–Crippen LogP) is 1.49. The van der Waals surface area contributed by atoms with Crippen LogP contribution in [0, 0.1) is 0 Å². The molecule has 0 bridgehead atoms. The van der Waals surface area contributed by atoms with Crippen molar-refractivity contribution in [1.82, 2.24) is 9.13 Å². The Morgan fingerprint density at radius 2 is 2.00 bits per heavy atom. The molecule has 2 heterocycles. The molecule has 0 radical (unpaired) electrons. The van der Waals surface area contributed by atoms with Crippen LogP contribution in [0.1, 0.15) is 24.9 Å². The third-order valence-corrected chi connectivity index (χ3v) is 3.60. The number of hydrogen-bond donors (Lipinski definition) is 1. The summed E-state index contributed by atoms with van der Waals surface area (Å²) in [6.07, 6.45) is 4.52. The average molecular weight is 289 g/mol. The molecule has 1 aliphatic rings. The second-order valence-corrected chi connectivity index (χ2v) is 5.15. The van der Waals surface area contributed by atoms with E-state index in [1.165, 1.54) is 0 Å². The highest BCUT2D eigenvalue weighted by Gasteiger charge is 2.16. The van der Waals surface area contributed by atoms with Crippen molar-refractivity contribution >= 4 is 0 Å². The Labute approximate surface area is 122 Å². The lowest BCUT2D eigenvalue weighted by Crippen LogP contribution is -2.28. The minimum Gasteiger partial charge on any atom is -0.454 e. The molecule has 1 aliphatic heterocycles.